The number of phenolic OH excluding ortho intramolecular Hbond substituents is 1. The zero-order valence-corrected chi connectivity index (χ0v) is 11.1. The van der Waals surface area contributed by atoms with Gasteiger partial charge in [0.2, 0.25) is 0 Å². The molecule has 19 heavy (non-hydrogen) atoms. The summed E-state index contributed by atoms with van der Waals surface area (Å²) in [6.07, 6.45) is 6.82. The van der Waals surface area contributed by atoms with Crippen LogP contribution < -0.4 is 0 Å². The van der Waals surface area contributed by atoms with E-state index in [1.165, 1.54) is 6.08 Å². The van der Waals surface area contributed by atoms with E-state index in [9.17, 15) is 15.0 Å². The Balaban J connectivity index is 2.32. The summed E-state index contributed by atoms with van der Waals surface area (Å²) in [6.45, 7) is 3.50. The number of phenols is 1. The van der Waals surface area contributed by atoms with Gasteiger partial charge in [-0.2, -0.15) is 0 Å². The van der Waals surface area contributed by atoms with Crippen LogP contribution in [0.3, 0.4) is 0 Å². The highest BCUT2D eigenvalue weighted by Crippen LogP contribution is 2.34. The molecule has 3 heteroatoms. The van der Waals surface area contributed by atoms with Gasteiger partial charge in [-0.25, -0.2) is 0 Å². The molecule has 3 unspecified atom stereocenters. The third-order valence-electron chi connectivity index (χ3n) is 3.75. The highest BCUT2D eigenvalue weighted by atomic mass is 16.3. The first-order valence-corrected chi connectivity index (χ1v) is 6.37. The van der Waals surface area contributed by atoms with Gasteiger partial charge in [0.1, 0.15) is 11.4 Å². The van der Waals surface area contributed by atoms with Crippen molar-refractivity contribution in [2.75, 3.05) is 0 Å². The Bertz CT molecular complexity index is 545. The predicted molar refractivity (Wildman–Crippen MR) is 73.9 cm³/mol. The van der Waals surface area contributed by atoms with Gasteiger partial charge in [-0.3, -0.25) is 4.79 Å². The van der Waals surface area contributed by atoms with Gasteiger partial charge >= 0.3 is 0 Å². The van der Waals surface area contributed by atoms with Crippen LogP contribution >= 0.6 is 0 Å². The molecule has 0 aromatic heterocycles. The Morgan fingerprint density at radius 1 is 1.32 bits per heavy atom. The fourth-order valence-corrected chi connectivity index (χ4v) is 2.38. The Kier molecular flexibility index (Phi) is 3.58. The van der Waals surface area contributed by atoms with Crippen LogP contribution in [0.4, 0.5) is 0 Å². The van der Waals surface area contributed by atoms with E-state index in [2.05, 4.69) is 0 Å². The van der Waals surface area contributed by atoms with Crippen LogP contribution in [0.1, 0.15) is 25.3 Å². The van der Waals surface area contributed by atoms with E-state index in [1.54, 1.807) is 50.3 Å². The van der Waals surface area contributed by atoms with Crippen molar-refractivity contribution in [3.8, 4) is 5.75 Å². The summed E-state index contributed by atoms with van der Waals surface area (Å²) >= 11 is 0. The van der Waals surface area contributed by atoms with Crippen molar-refractivity contribution >= 4 is 5.78 Å². The first-order valence-electron chi connectivity index (χ1n) is 6.37. The van der Waals surface area contributed by atoms with E-state index in [4.69, 9.17) is 0 Å². The summed E-state index contributed by atoms with van der Waals surface area (Å²) in [4.78, 5) is 12.5. The molecule has 3 nitrogen and oxygen atoms in total. The highest BCUT2D eigenvalue weighted by Gasteiger charge is 2.41. The number of carbonyl (C=O) groups is 1. The van der Waals surface area contributed by atoms with Crippen LogP contribution in [-0.2, 0) is 4.79 Å². The number of rotatable bonds is 3. The second kappa shape index (κ2) is 5.02. The van der Waals surface area contributed by atoms with Crippen molar-refractivity contribution in [2.24, 2.45) is 5.92 Å². The zero-order valence-electron chi connectivity index (χ0n) is 11.1. The minimum Gasteiger partial charge on any atom is -0.508 e. The minimum atomic E-state index is -1.50. The van der Waals surface area contributed by atoms with Gasteiger partial charge in [0.15, 0.2) is 5.78 Å². The van der Waals surface area contributed by atoms with Gasteiger partial charge in [0.05, 0.1) is 0 Å². The number of allylic oxidation sites excluding steroid dienone is 2. The second-order valence-corrected chi connectivity index (χ2v) is 5.00. The molecule has 0 radical (unpaired) electrons. The minimum absolute atomic E-state index is 0.0786. The standard InChI is InChI=1S/C16H18O3/c1-11-7-5-6-10-16(11,19)15(18)12(2)13-8-3-4-9-14(13)17/h3-12,17,19H,1-2H3. The number of hydrogen-bond donors (Lipinski definition) is 2. The van der Waals surface area contributed by atoms with E-state index >= 15 is 0 Å². The summed E-state index contributed by atoms with van der Waals surface area (Å²) in [5.41, 5.74) is -0.965. The Morgan fingerprint density at radius 3 is 2.63 bits per heavy atom. The van der Waals surface area contributed by atoms with Crippen LogP contribution in [0.2, 0.25) is 0 Å². The average molecular weight is 258 g/mol. The molecule has 0 heterocycles. The van der Waals surface area contributed by atoms with Crippen molar-refractivity contribution in [2.45, 2.75) is 25.4 Å². The molecular weight excluding hydrogens is 240 g/mol. The molecule has 0 bridgehead atoms. The SMILES string of the molecule is CC(C(=O)C1(O)C=CC=CC1C)c1ccccc1O. The molecule has 0 amide bonds. The number of benzene rings is 1. The van der Waals surface area contributed by atoms with Gasteiger partial charge in [0, 0.05) is 17.4 Å². The molecule has 1 aliphatic carbocycles. The fourth-order valence-electron chi connectivity index (χ4n) is 2.38. The lowest BCUT2D eigenvalue weighted by Crippen LogP contribution is -2.45. The maximum Gasteiger partial charge on any atom is 0.176 e. The second-order valence-electron chi connectivity index (χ2n) is 5.00. The molecule has 0 aliphatic heterocycles. The van der Waals surface area contributed by atoms with Crippen molar-refractivity contribution in [1.82, 2.24) is 0 Å². The number of ketones is 1. The molecule has 0 spiro atoms. The van der Waals surface area contributed by atoms with E-state index < -0.39 is 11.5 Å². The fraction of sp³-hybridized carbons (Fsp3) is 0.312. The van der Waals surface area contributed by atoms with Gasteiger partial charge in [-0.15, -0.1) is 0 Å². The van der Waals surface area contributed by atoms with Crippen LogP contribution in [0, 0.1) is 5.92 Å². The van der Waals surface area contributed by atoms with E-state index in [-0.39, 0.29) is 17.5 Å². The van der Waals surface area contributed by atoms with Crippen molar-refractivity contribution in [3.05, 3.63) is 54.1 Å². The summed E-state index contributed by atoms with van der Waals surface area (Å²) in [7, 11) is 0. The number of carbonyl (C=O) groups excluding carboxylic acids is 1. The molecular formula is C16H18O3. The third-order valence-corrected chi connectivity index (χ3v) is 3.75. The molecule has 0 fully saturated rings. The highest BCUT2D eigenvalue weighted by molar-refractivity contribution is 5.95. The monoisotopic (exact) mass is 258 g/mol. The molecule has 2 N–H and O–H groups in total. The first kappa shape index (κ1) is 13.6. The number of Topliss-reactive ketones (excluding diaryl/α,β-unsaturated/α-hetero) is 1. The van der Waals surface area contributed by atoms with Gasteiger partial charge in [-0.1, -0.05) is 50.3 Å². The molecule has 2 rings (SSSR count). The molecule has 3 atom stereocenters. The Labute approximate surface area is 112 Å². The van der Waals surface area contributed by atoms with E-state index in [1.807, 2.05) is 6.08 Å². The number of para-hydroxylation sites is 1. The van der Waals surface area contributed by atoms with Gasteiger partial charge in [0.25, 0.3) is 0 Å². The molecule has 1 aromatic carbocycles. The predicted octanol–water partition coefficient (Wildman–Crippen LogP) is 2.56. The number of aliphatic hydroxyl groups is 1. The average Bonchev–Trinajstić information content (AvgIpc) is 2.41. The van der Waals surface area contributed by atoms with Gasteiger partial charge < -0.3 is 10.2 Å². The van der Waals surface area contributed by atoms with Crippen LogP contribution in [0.5, 0.6) is 5.75 Å². The molecule has 100 valence electrons. The van der Waals surface area contributed by atoms with Crippen LogP contribution in [0.25, 0.3) is 0 Å². The summed E-state index contributed by atoms with van der Waals surface area (Å²) < 4.78 is 0. The third kappa shape index (κ3) is 2.34. The maximum atomic E-state index is 12.5. The molecule has 1 aromatic rings. The molecule has 0 saturated heterocycles. The zero-order chi connectivity index (χ0) is 14.0. The number of aromatic hydroxyl groups is 1. The smallest absolute Gasteiger partial charge is 0.176 e. The van der Waals surface area contributed by atoms with Crippen molar-refractivity contribution in [1.29, 1.82) is 0 Å². The maximum absolute atomic E-state index is 12.5. The Hall–Kier alpha value is -1.87. The largest absolute Gasteiger partial charge is 0.508 e. The lowest BCUT2D eigenvalue weighted by molar-refractivity contribution is -0.136. The Morgan fingerprint density at radius 2 is 2.00 bits per heavy atom. The van der Waals surface area contributed by atoms with Gasteiger partial charge in [-0.05, 0) is 12.1 Å². The van der Waals surface area contributed by atoms with Crippen LogP contribution in [0.15, 0.2) is 48.6 Å². The van der Waals surface area contributed by atoms with Crippen molar-refractivity contribution in [3.63, 3.8) is 0 Å². The summed E-state index contributed by atoms with van der Waals surface area (Å²) in [5.74, 6) is -1.07. The summed E-state index contributed by atoms with van der Waals surface area (Å²) in [5, 5.41) is 20.4. The molecule has 0 saturated carbocycles. The summed E-state index contributed by atoms with van der Waals surface area (Å²) in [6, 6.07) is 6.72. The van der Waals surface area contributed by atoms with E-state index in [0.29, 0.717) is 5.56 Å². The number of hydrogen-bond acceptors (Lipinski definition) is 3. The van der Waals surface area contributed by atoms with E-state index in [0.717, 1.165) is 0 Å². The first-order chi connectivity index (χ1) is 8.97. The van der Waals surface area contributed by atoms with Crippen molar-refractivity contribution < 1.29 is 15.0 Å². The van der Waals surface area contributed by atoms with Crippen LogP contribution in [-0.4, -0.2) is 21.6 Å². The lowest BCUT2D eigenvalue weighted by Gasteiger charge is -2.32. The topological polar surface area (TPSA) is 57.5 Å². The molecule has 1 aliphatic rings. The normalized spacial score (nSPS) is 27.2. The quantitative estimate of drug-likeness (QED) is 0.876. The lowest BCUT2D eigenvalue weighted by atomic mass is 9.76.